The Morgan fingerprint density at radius 2 is 1.83 bits per heavy atom. The van der Waals surface area contributed by atoms with E-state index < -0.39 is 5.91 Å². The number of nitrogens with zero attached hydrogens (tertiary/aromatic N) is 3. The molecule has 29 heavy (non-hydrogen) atoms. The fourth-order valence-corrected chi connectivity index (χ4v) is 3.63. The molecule has 0 radical (unpaired) electrons. The highest BCUT2D eigenvalue weighted by Crippen LogP contribution is 2.31. The van der Waals surface area contributed by atoms with Crippen molar-refractivity contribution in [3.63, 3.8) is 0 Å². The molecule has 2 aromatic rings. The summed E-state index contributed by atoms with van der Waals surface area (Å²) < 4.78 is 0. The second kappa shape index (κ2) is 8.07. The number of carbonyl (C=O) groups is 2. The Balaban J connectivity index is 1.67. The molecular formula is C22H19N5O2. The lowest BCUT2D eigenvalue weighted by atomic mass is 10.0. The van der Waals surface area contributed by atoms with E-state index in [4.69, 9.17) is 0 Å². The summed E-state index contributed by atoms with van der Waals surface area (Å²) in [6, 6.07) is 12.6. The monoisotopic (exact) mass is 385 g/mol. The molecule has 2 aliphatic rings. The fourth-order valence-electron chi connectivity index (χ4n) is 3.63. The zero-order chi connectivity index (χ0) is 20.2. The highest BCUT2D eigenvalue weighted by molar-refractivity contribution is 6.20. The summed E-state index contributed by atoms with van der Waals surface area (Å²) in [6.07, 6.45) is 7.05. The van der Waals surface area contributed by atoms with Gasteiger partial charge < -0.3 is 10.6 Å². The van der Waals surface area contributed by atoms with Gasteiger partial charge in [-0.2, -0.15) is 5.26 Å². The highest BCUT2D eigenvalue weighted by Gasteiger charge is 2.28. The molecule has 0 bridgehead atoms. The van der Waals surface area contributed by atoms with Crippen molar-refractivity contribution in [2.24, 2.45) is 4.99 Å². The Bertz CT molecular complexity index is 1060. The van der Waals surface area contributed by atoms with Crippen LogP contribution in [0, 0.1) is 11.3 Å². The summed E-state index contributed by atoms with van der Waals surface area (Å²) in [5, 5.41) is 15.4. The Labute approximate surface area is 168 Å². The second-order valence-electron chi connectivity index (χ2n) is 6.99. The van der Waals surface area contributed by atoms with E-state index in [2.05, 4.69) is 20.6 Å². The third-order valence-electron chi connectivity index (χ3n) is 5.08. The van der Waals surface area contributed by atoms with E-state index in [1.807, 2.05) is 18.2 Å². The van der Waals surface area contributed by atoms with Crippen molar-refractivity contribution in [2.45, 2.75) is 31.7 Å². The van der Waals surface area contributed by atoms with Crippen LogP contribution in [0.15, 0.2) is 59.4 Å². The average Bonchev–Trinajstić information content (AvgIpc) is 3.38. The van der Waals surface area contributed by atoms with Crippen molar-refractivity contribution in [2.75, 3.05) is 0 Å². The molecule has 144 valence electrons. The number of hydrogen-bond acceptors (Lipinski definition) is 5. The molecule has 2 heterocycles. The minimum atomic E-state index is -0.423. The van der Waals surface area contributed by atoms with E-state index in [1.165, 1.54) is 6.20 Å². The molecule has 2 N–H and O–H groups in total. The van der Waals surface area contributed by atoms with Crippen LogP contribution in [0.4, 0.5) is 0 Å². The maximum Gasteiger partial charge on any atom is 0.264 e. The summed E-state index contributed by atoms with van der Waals surface area (Å²) in [7, 11) is 0. The van der Waals surface area contributed by atoms with Gasteiger partial charge in [-0.25, -0.2) is 4.99 Å². The standard InChI is InChI=1S/C22H19N5O2/c23-12-18(22(29)25-15-7-1-2-8-15)19-16-9-3-4-10-17(16)20(26-19)27-21(28)14-6-5-11-24-13-14/h3-6,9-11,13,15H,1-2,7-8H2,(H,25,29)(H,26,27,28). The molecule has 0 spiro atoms. The number of aliphatic imine (C=N–C) groups is 1. The van der Waals surface area contributed by atoms with Crippen LogP contribution < -0.4 is 10.6 Å². The predicted molar refractivity (Wildman–Crippen MR) is 108 cm³/mol. The van der Waals surface area contributed by atoms with Crippen molar-refractivity contribution in [3.05, 3.63) is 71.1 Å². The van der Waals surface area contributed by atoms with Crippen molar-refractivity contribution >= 4 is 23.3 Å². The van der Waals surface area contributed by atoms with Gasteiger partial charge in [0.15, 0.2) is 0 Å². The summed E-state index contributed by atoms with van der Waals surface area (Å²) >= 11 is 0. The molecule has 0 unspecified atom stereocenters. The number of nitriles is 1. The number of pyridine rings is 1. The Morgan fingerprint density at radius 3 is 2.52 bits per heavy atom. The number of amides is 2. The number of rotatable bonds is 3. The van der Waals surface area contributed by atoms with Gasteiger partial charge in [-0.3, -0.25) is 14.6 Å². The van der Waals surface area contributed by atoms with Crippen LogP contribution in [0.25, 0.3) is 5.70 Å². The topological polar surface area (TPSA) is 107 Å². The van der Waals surface area contributed by atoms with Crippen molar-refractivity contribution in [1.82, 2.24) is 15.6 Å². The summed E-state index contributed by atoms with van der Waals surface area (Å²) in [6.45, 7) is 0. The molecule has 0 saturated heterocycles. The molecular weight excluding hydrogens is 366 g/mol. The maximum absolute atomic E-state index is 12.7. The van der Waals surface area contributed by atoms with E-state index in [0.29, 0.717) is 22.5 Å². The Kier molecular flexibility index (Phi) is 5.16. The molecule has 1 fully saturated rings. The van der Waals surface area contributed by atoms with E-state index in [0.717, 1.165) is 25.7 Å². The summed E-state index contributed by atoms with van der Waals surface area (Å²) in [5.41, 5.74) is 1.94. The number of aromatic nitrogens is 1. The van der Waals surface area contributed by atoms with Gasteiger partial charge in [-0.15, -0.1) is 0 Å². The first-order valence-corrected chi connectivity index (χ1v) is 9.52. The van der Waals surface area contributed by atoms with Crippen molar-refractivity contribution in [3.8, 4) is 6.07 Å². The van der Waals surface area contributed by atoms with Crippen LogP contribution in [-0.4, -0.2) is 28.7 Å². The normalized spacial score (nSPS) is 17.1. The molecule has 2 amide bonds. The number of carbonyl (C=O) groups excluding carboxylic acids is 2. The molecule has 1 aromatic carbocycles. The van der Waals surface area contributed by atoms with E-state index in [1.54, 1.807) is 30.5 Å². The van der Waals surface area contributed by atoms with Gasteiger partial charge in [0.1, 0.15) is 17.5 Å². The summed E-state index contributed by atoms with van der Waals surface area (Å²) in [4.78, 5) is 33.6. The second-order valence-corrected chi connectivity index (χ2v) is 6.99. The number of hydrogen-bond donors (Lipinski definition) is 2. The lowest BCUT2D eigenvalue weighted by Crippen LogP contribution is -2.33. The largest absolute Gasteiger partial charge is 0.349 e. The lowest BCUT2D eigenvalue weighted by molar-refractivity contribution is -0.117. The zero-order valence-electron chi connectivity index (χ0n) is 15.7. The Morgan fingerprint density at radius 1 is 1.07 bits per heavy atom. The summed E-state index contributed by atoms with van der Waals surface area (Å²) in [5.74, 6) is -0.472. The van der Waals surface area contributed by atoms with Gasteiger partial charge in [-0.1, -0.05) is 37.1 Å². The van der Waals surface area contributed by atoms with Crippen LogP contribution >= 0.6 is 0 Å². The number of nitrogens with one attached hydrogen (secondary N) is 2. The number of fused-ring (bicyclic) bond motifs is 1. The minimum Gasteiger partial charge on any atom is -0.349 e. The molecule has 7 nitrogen and oxygen atoms in total. The smallest absolute Gasteiger partial charge is 0.264 e. The molecule has 4 rings (SSSR count). The quantitative estimate of drug-likeness (QED) is 0.625. The van der Waals surface area contributed by atoms with E-state index in [-0.39, 0.29) is 23.2 Å². The third kappa shape index (κ3) is 3.78. The van der Waals surface area contributed by atoms with Gasteiger partial charge >= 0.3 is 0 Å². The average molecular weight is 385 g/mol. The first kappa shape index (κ1) is 18.6. The zero-order valence-corrected chi connectivity index (χ0v) is 15.7. The molecule has 7 heteroatoms. The molecule has 0 atom stereocenters. The van der Waals surface area contributed by atoms with Gasteiger partial charge in [0, 0.05) is 29.6 Å². The predicted octanol–water partition coefficient (Wildman–Crippen LogP) is 2.57. The van der Waals surface area contributed by atoms with Crippen LogP contribution in [0.3, 0.4) is 0 Å². The lowest BCUT2D eigenvalue weighted by Gasteiger charge is -2.11. The van der Waals surface area contributed by atoms with Crippen LogP contribution in [0.1, 0.15) is 47.2 Å². The molecule has 1 aliphatic heterocycles. The number of benzene rings is 1. The van der Waals surface area contributed by atoms with Crippen LogP contribution in [0.2, 0.25) is 0 Å². The van der Waals surface area contributed by atoms with Crippen molar-refractivity contribution in [1.29, 1.82) is 5.26 Å². The highest BCUT2D eigenvalue weighted by atomic mass is 16.2. The molecule has 1 aliphatic carbocycles. The van der Waals surface area contributed by atoms with Gasteiger partial charge in [-0.05, 0) is 25.0 Å². The Hall–Kier alpha value is -3.79. The SMILES string of the molecule is N#CC(C(=O)NC1CCCC1)=C1N=C(NC(=O)c2cccnc2)c2ccccc21. The van der Waals surface area contributed by atoms with Crippen LogP contribution in [-0.2, 0) is 4.79 Å². The third-order valence-corrected chi connectivity index (χ3v) is 5.08. The fraction of sp³-hybridized carbons (Fsp3) is 0.227. The van der Waals surface area contributed by atoms with Crippen LogP contribution in [0.5, 0.6) is 0 Å². The van der Waals surface area contributed by atoms with Crippen molar-refractivity contribution < 1.29 is 9.59 Å². The minimum absolute atomic E-state index is 0.0463. The first-order chi connectivity index (χ1) is 14.2. The van der Waals surface area contributed by atoms with E-state index >= 15 is 0 Å². The maximum atomic E-state index is 12.7. The van der Waals surface area contributed by atoms with Gasteiger partial charge in [0.2, 0.25) is 0 Å². The first-order valence-electron chi connectivity index (χ1n) is 9.52. The number of amidine groups is 1. The van der Waals surface area contributed by atoms with Gasteiger partial charge in [0.25, 0.3) is 11.8 Å². The molecule has 1 aromatic heterocycles. The van der Waals surface area contributed by atoms with Gasteiger partial charge in [0.05, 0.1) is 11.3 Å². The molecule has 1 saturated carbocycles. The van der Waals surface area contributed by atoms with E-state index in [9.17, 15) is 14.9 Å².